The number of rotatable bonds is 4. The molecule has 3 nitrogen and oxygen atoms in total. The summed E-state index contributed by atoms with van der Waals surface area (Å²) in [7, 11) is 0. The molecule has 0 amide bonds. The predicted molar refractivity (Wildman–Crippen MR) is 118 cm³/mol. The second kappa shape index (κ2) is 7.12. The van der Waals surface area contributed by atoms with Gasteiger partial charge in [0.05, 0.1) is 22.5 Å². The minimum atomic E-state index is -0.615. The Morgan fingerprint density at radius 1 is 0.429 bits per heavy atom. The predicted octanol–water partition coefficient (Wildman–Crippen LogP) is 4.82. The van der Waals surface area contributed by atoms with Gasteiger partial charge in [0.15, 0.2) is 0 Å². The summed E-state index contributed by atoms with van der Waals surface area (Å²) in [4.78, 5) is 0. The Balaban J connectivity index is 2.19. The van der Waals surface area contributed by atoms with Crippen molar-refractivity contribution in [2.24, 2.45) is 0 Å². The molecular weight excluding hydrogens is 342 g/mol. The molecule has 0 radical (unpaired) electrons. The summed E-state index contributed by atoms with van der Waals surface area (Å²) in [6.45, 7) is 0. The second-order valence-corrected chi connectivity index (χ2v) is 6.88. The maximum Gasteiger partial charge on any atom is 0.0784 e. The van der Waals surface area contributed by atoms with Crippen molar-refractivity contribution in [2.75, 3.05) is 17.2 Å². The third-order valence-corrected chi connectivity index (χ3v) is 5.35. The molecule has 4 rings (SSSR count). The molecular formula is C25H23N3. The number of hydrogen-bond donors (Lipinski definition) is 3. The Kier molecular flexibility index (Phi) is 4.50. The first-order valence-electron chi connectivity index (χ1n) is 9.26. The second-order valence-electron chi connectivity index (χ2n) is 6.88. The Hall–Kier alpha value is -3.72. The van der Waals surface area contributed by atoms with E-state index in [1.54, 1.807) is 0 Å². The zero-order valence-corrected chi connectivity index (χ0v) is 15.5. The van der Waals surface area contributed by atoms with Crippen LogP contribution >= 0.6 is 0 Å². The van der Waals surface area contributed by atoms with Crippen molar-refractivity contribution in [1.29, 1.82) is 0 Å². The van der Waals surface area contributed by atoms with E-state index < -0.39 is 5.41 Å². The van der Waals surface area contributed by atoms with Crippen LogP contribution in [-0.4, -0.2) is 0 Å². The van der Waals surface area contributed by atoms with E-state index in [0.29, 0.717) is 17.1 Å². The Labute approximate surface area is 165 Å². The highest BCUT2D eigenvalue weighted by Gasteiger charge is 2.40. The fraction of sp³-hybridized carbons (Fsp3) is 0.0400. The molecule has 0 bridgehead atoms. The van der Waals surface area contributed by atoms with Crippen LogP contribution in [0.5, 0.6) is 0 Å². The average molecular weight is 365 g/mol. The monoisotopic (exact) mass is 365 g/mol. The Bertz CT molecular complexity index is 978. The number of benzene rings is 4. The van der Waals surface area contributed by atoms with E-state index in [2.05, 4.69) is 36.4 Å². The quantitative estimate of drug-likeness (QED) is 0.358. The standard InChI is InChI=1S/C25H23N3/c26-22-17-16-21(23(27)24(22)28)25(18-10-4-1-5-11-18,19-12-6-2-7-13-19)20-14-8-3-9-15-20/h1-17H,26-28H2. The van der Waals surface area contributed by atoms with Crippen molar-refractivity contribution in [3.63, 3.8) is 0 Å². The van der Waals surface area contributed by atoms with E-state index in [0.717, 1.165) is 22.3 Å². The number of anilines is 3. The molecule has 0 aliphatic heterocycles. The smallest absolute Gasteiger partial charge is 0.0784 e. The molecule has 6 N–H and O–H groups in total. The van der Waals surface area contributed by atoms with Gasteiger partial charge in [-0.15, -0.1) is 0 Å². The fourth-order valence-corrected chi connectivity index (χ4v) is 4.01. The molecule has 0 spiro atoms. The van der Waals surface area contributed by atoms with Crippen LogP contribution in [-0.2, 0) is 5.41 Å². The normalized spacial score (nSPS) is 11.3. The third kappa shape index (κ3) is 2.69. The highest BCUT2D eigenvalue weighted by molar-refractivity contribution is 5.83. The van der Waals surface area contributed by atoms with Crippen LogP contribution in [0.15, 0.2) is 103 Å². The van der Waals surface area contributed by atoms with Gasteiger partial charge >= 0.3 is 0 Å². The van der Waals surface area contributed by atoms with Crippen LogP contribution < -0.4 is 17.2 Å². The molecule has 0 atom stereocenters. The first kappa shape index (κ1) is 17.7. The summed E-state index contributed by atoms with van der Waals surface area (Å²) >= 11 is 0. The topological polar surface area (TPSA) is 78.1 Å². The lowest BCUT2D eigenvalue weighted by Gasteiger charge is -2.38. The summed E-state index contributed by atoms with van der Waals surface area (Å²) in [6, 6.07) is 35.0. The number of nitrogen functional groups attached to an aromatic ring is 3. The average Bonchev–Trinajstić information content (AvgIpc) is 2.76. The van der Waals surface area contributed by atoms with E-state index in [-0.39, 0.29) is 0 Å². The van der Waals surface area contributed by atoms with Crippen molar-refractivity contribution >= 4 is 17.1 Å². The minimum Gasteiger partial charge on any atom is -0.397 e. The molecule has 28 heavy (non-hydrogen) atoms. The largest absolute Gasteiger partial charge is 0.397 e. The van der Waals surface area contributed by atoms with E-state index in [1.807, 2.05) is 66.7 Å². The van der Waals surface area contributed by atoms with Gasteiger partial charge < -0.3 is 17.2 Å². The Morgan fingerprint density at radius 2 is 0.821 bits per heavy atom. The lowest BCUT2D eigenvalue weighted by atomic mass is 9.64. The molecule has 3 heteroatoms. The third-order valence-electron chi connectivity index (χ3n) is 5.35. The van der Waals surface area contributed by atoms with Crippen molar-refractivity contribution < 1.29 is 0 Å². The highest BCUT2D eigenvalue weighted by atomic mass is 14.7. The van der Waals surface area contributed by atoms with E-state index in [4.69, 9.17) is 17.2 Å². The molecule has 0 aliphatic carbocycles. The number of nitrogens with two attached hydrogens (primary N) is 3. The molecule has 0 saturated heterocycles. The zero-order valence-electron chi connectivity index (χ0n) is 15.5. The molecule has 0 aliphatic rings. The minimum absolute atomic E-state index is 0.421. The summed E-state index contributed by atoms with van der Waals surface area (Å²) in [5.74, 6) is 0. The molecule has 0 unspecified atom stereocenters. The van der Waals surface area contributed by atoms with Crippen LogP contribution in [0.3, 0.4) is 0 Å². The molecule has 0 fully saturated rings. The summed E-state index contributed by atoms with van der Waals surface area (Å²) in [6.07, 6.45) is 0. The zero-order chi connectivity index (χ0) is 19.6. The van der Waals surface area contributed by atoms with Crippen LogP contribution in [0.4, 0.5) is 17.1 Å². The van der Waals surface area contributed by atoms with Gasteiger partial charge in [-0.1, -0.05) is 97.1 Å². The lowest BCUT2D eigenvalue weighted by molar-refractivity contribution is 0.748. The van der Waals surface area contributed by atoms with Gasteiger partial charge in [-0.25, -0.2) is 0 Å². The summed E-state index contributed by atoms with van der Waals surface area (Å²) < 4.78 is 0. The maximum absolute atomic E-state index is 6.58. The molecule has 0 heterocycles. The molecule has 4 aromatic rings. The first-order chi connectivity index (χ1) is 13.7. The van der Waals surface area contributed by atoms with Gasteiger partial charge in [0.25, 0.3) is 0 Å². The van der Waals surface area contributed by atoms with E-state index in [9.17, 15) is 0 Å². The van der Waals surface area contributed by atoms with Crippen molar-refractivity contribution in [3.8, 4) is 0 Å². The van der Waals surface area contributed by atoms with Gasteiger partial charge in [0, 0.05) is 0 Å². The van der Waals surface area contributed by atoms with E-state index >= 15 is 0 Å². The van der Waals surface area contributed by atoms with Crippen molar-refractivity contribution in [2.45, 2.75) is 5.41 Å². The first-order valence-corrected chi connectivity index (χ1v) is 9.26. The van der Waals surface area contributed by atoms with Crippen molar-refractivity contribution in [1.82, 2.24) is 0 Å². The van der Waals surface area contributed by atoms with Crippen LogP contribution in [0, 0.1) is 0 Å². The van der Waals surface area contributed by atoms with Gasteiger partial charge in [-0.3, -0.25) is 0 Å². The van der Waals surface area contributed by atoms with Gasteiger partial charge in [-0.2, -0.15) is 0 Å². The van der Waals surface area contributed by atoms with E-state index in [1.165, 1.54) is 0 Å². The molecule has 0 aromatic heterocycles. The van der Waals surface area contributed by atoms with Crippen LogP contribution in [0.25, 0.3) is 0 Å². The maximum atomic E-state index is 6.58. The summed E-state index contributed by atoms with van der Waals surface area (Å²) in [5.41, 5.74) is 24.0. The van der Waals surface area contributed by atoms with Crippen LogP contribution in [0.2, 0.25) is 0 Å². The summed E-state index contributed by atoms with van der Waals surface area (Å²) in [5, 5.41) is 0. The van der Waals surface area contributed by atoms with Crippen molar-refractivity contribution in [3.05, 3.63) is 125 Å². The molecule has 0 saturated carbocycles. The van der Waals surface area contributed by atoms with Gasteiger partial charge in [0.2, 0.25) is 0 Å². The SMILES string of the molecule is Nc1ccc(C(c2ccccc2)(c2ccccc2)c2ccccc2)c(N)c1N. The van der Waals surface area contributed by atoms with Crippen LogP contribution in [0.1, 0.15) is 22.3 Å². The number of hydrogen-bond acceptors (Lipinski definition) is 3. The van der Waals surface area contributed by atoms with Gasteiger partial charge in [0.1, 0.15) is 0 Å². The molecule has 138 valence electrons. The van der Waals surface area contributed by atoms with Gasteiger partial charge in [-0.05, 0) is 28.3 Å². The highest BCUT2D eigenvalue weighted by Crippen LogP contribution is 2.48. The lowest BCUT2D eigenvalue weighted by Crippen LogP contribution is -2.32. The fourth-order valence-electron chi connectivity index (χ4n) is 4.01. The Morgan fingerprint density at radius 3 is 1.21 bits per heavy atom. The molecule has 4 aromatic carbocycles.